The van der Waals surface area contributed by atoms with Crippen molar-refractivity contribution in [2.45, 2.75) is 47.5 Å². The average molecular weight is 363 g/mol. The van der Waals surface area contributed by atoms with Crippen LogP contribution in [0.1, 0.15) is 40.8 Å². The molecule has 0 aliphatic heterocycles. The highest BCUT2D eigenvalue weighted by Crippen LogP contribution is 2.18. The molecule has 0 radical (unpaired) electrons. The lowest BCUT2D eigenvalue weighted by atomic mass is 10.1. The molecule has 3 rings (SSSR count). The number of nitrogens with one attached hydrogen (secondary N) is 1. The Hall–Kier alpha value is -3.02. The van der Waals surface area contributed by atoms with Crippen LogP contribution < -0.4 is 5.32 Å². The summed E-state index contributed by atoms with van der Waals surface area (Å²) in [5.41, 5.74) is 6.39. The summed E-state index contributed by atoms with van der Waals surface area (Å²) in [5, 5.41) is 7.54. The van der Waals surface area contributed by atoms with Crippen molar-refractivity contribution in [3.8, 4) is 5.95 Å². The van der Waals surface area contributed by atoms with E-state index in [1.807, 2.05) is 52.0 Å². The number of benzene rings is 1. The van der Waals surface area contributed by atoms with Crippen LogP contribution in [-0.2, 0) is 17.6 Å². The molecule has 2 heterocycles. The van der Waals surface area contributed by atoms with Gasteiger partial charge in [0.05, 0.1) is 12.1 Å². The standard InChI is InChI=1S/C21H25N5O/c1-6-17-8-7-9-18(11-17)24-20(27)12-19-15(4)25-26(16(19)5)21-22-13(2)10-14(3)23-21/h7-11H,6,12H2,1-5H3,(H,24,27). The van der Waals surface area contributed by atoms with Gasteiger partial charge in [0, 0.05) is 28.3 Å². The van der Waals surface area contributed by atoms with E-state index in [0.717, 1.165) is 40.4 Å². The first-order valence-corrected chi connectivity index (χ1v) is 9.14. The first-order chi connectivity index (χ1) is 12.9. The van der Waals surface area contributed by atoms with Crippen LogP contribution >= 0.6 is 0 Å². The number of anilines is 1. The number of aromatic nitrogens is 4. The number of nitrogens with zero attached hydrogens (tertiary/aromatic N) is 4. The Bertz CT molecular complexity index is 970. The molecule has 6 nitrogen and oxygen atoms in total. The molecule has 1 aromatic carbocycles. The van der Waals surface area contributed by atoms with Crippen molar-refractivity contribution < 1.29 is 4.79 Å². The van der Waals surface area contributed by atoms with E-state index in [9.17, 15) is 4.79 Å². The second-order valence-electron chi connectivity index (χ2n) is 6.79. The van der Waals surface area contributed by atoms with Crippen LogP contribution in [0.3, 0.4) is 0 Å². The van der Waals surface area contributed by atoms with Gasteiger partial charge in [0.1, 0.15) is 0 Å². The van der Waals surface area contributed by atoms with E-state index < -0.39 is 0 Å². The number of hydrogen-bond donors (Lipinski definition) is 1. The summed E-state index contributed by atoms with van der Waals surface area (Å²) in [6.07, 6.45) is 1.20. The molecule has 27 heavy (non-hydrogen) atoms. The molecule has 0 atom stereocenters. The summed E-state index contributed by atoms with van der Waals surface area (Å²) in [6, 6.07) is 9.85. The molecule has 0 fully saturated rings. The van der Waals surface area contributed by atoms with Crippen LogP contribution in [0.5, 0.6) is 0 Å². The molecule has 0 bridgehead atoms. The highest BCUT2D eigenvalue weighted by molar-refractivity contribution is 5.92. The monoisotopic (exact) mass is 363 g/mol. The number of carbonyl (C=O) groups is 1. The average Bonchev–Trinajstić information content (AvgIpc) is 2.89. The number of amides is 1. The van der Waals surface area contributed by atoms with Gasteiger partial charge in [0.15, 0.2) is 0 Å². The summed E-state index contributed by atoms with van der Waals surface area (Å²) in [4.78, 5) is 21.5. The quantitative estimate of drug-likeness (QED) is 0.751. The maximum absolute atomic E-state index is 12.6. The first kappa shape index (κ1) is 18.8. The van der Waals surface area contributed by atoms with Crippen molar-refractivity contribution in [1.82, 2.24) is 19.7 Å². The zero-order chi connectivity index (χ0) is 19.6. The molecule has 1 N–H and O–H groups in total. The van der Waals surface area contributed by atoms with Crippen LogP contribution in [0.25, 0.3) is 5.95 Å². The van der Waals surface area contributed by atoms with Gasteiger partial charge in [-0.25, -0.2) is 14.6 Å². The van der Waals surface area contributed by atoms with Gasteiger partial charge >= 0.3 is 0 Å². The minimum atomic E-state index is -0.0599. The third kappa shape index (κ3) is 4.22. The third-order valence-corrected chi connectivity index (χ3v) is 4.56. The number of hydrogen-bond acceptors (Lipinski definition) is 4. The molecule has 1 amide bonds. The summed E-state index contributed by atoms with van der Waals surface area (Å²) in [5.74, 6) is 0.478. The highest BCUT2D eigenvalue weighted by atomic mass is 16.1. The predicted octanol–water partition coefficient (Wildman–Crippen LogP) is 3.64. The van der Waals surface area contributed by atoms with Crippen molar-refractivity contribution in [2.24, 2.45) is 0 Å². The minimum Gasteiger partial charge on any atom is -0.326 e. The van der Waals surface area contributed by atoms with Crippen molar-refractivity contribution in [3.63, 3.8) is 0 Å². The van der Waals surface area contributed by atoms with Crippen LogP contribution in [0.2, 0.25) is 0 Å². The van der Waals surface area contributed by atoms with Gasteiger partial charge < -0.3 is 5.32 Å². The van der Waals surface area contributed by atoms with E-state index in [4.69, 9.17) is 0 Å². The van der Waals surface area contributed by atoms with Crippen molar-refractivity contribution in [3.05, 3.63) is 64.2 Å². The van der Waals surface area contributed by atoms with Crippen LogP contribution in [0.4, 0.5) is 5.69 Å². The van der Waals surface area contributed by atoms with E-state index in [1.54, 1.807) is 4.68 Å². The largest absolute Gasteiger partial charge is 0.326 e. The van der Waals surface area contributed by atoms with Crippen molar-refractivity contribution >= 4 is 11.6 Å². The van der Waals surface area contributed by atoms with Crippen LogP contribution in [0, 0.1) is 27.7 Å². The first-order valence-electron chi connectivity index (χ1n) is 9.14. The van der Waals surface area contributed by atoms with Gasteiger partial charge in [0.25, 0.3) is 5.95 Å². The molecular weight excluding hydrogens is 338 g/mol. The number of carbonyl (C=O) groups excluding carboxylic acids is 1. The molecule has 2 aromatic heterocycles. The Kier molecular flexibility index (Phi) is 5.35. The molecule has 0 spiro atoms. The lowest BCUT2D eigenvalue weighted by Crippen LogP contribution is -2.15. The molecule has 0 aliphatic carbocycles. The third-order valence-electron chi connectivity index (χ3n) is 4.56. The zero-order valence-electron chi connectivity index (χ0n) is 16.5. The van der Waals surface area contributed by atoms with Crippen LogP contribution in [-0.4, -0.2) is 25.7 Å². The summed E-state index contributed by atoms with van der Waals surface area (Å²) >= 11 is 0. The van der Waals surface area contributed by atoms with Crippen molar-refractivity contribution in [1.29, 1.82) is 0 Å². The van der Waals surface area contributed by atoms with E-state index in [-0.39, 0.29) is 12.3 Å². The molecule has 0 unspecified atom stereocenters. The lowest BCUT2D eigenvalue weighted by Gasteiger charge is -2.08. The maximum Gasteiger partial charge on any atom is 0.251 e. The molecule has 140 valence electrons. The molecule has 6 heteroatoms. The van der Waals surface area contributed by atoms with Gasteiger partial charge in [-0.15, -0.1) is 0 Å². The van der Waals surface area contributed by atoms with Gasteiger partial charge in [-0.05, 0) is 57.9 Å². The van der Waals surface area contributed by atoms with E-state index in [2.05, 4.69) is 33.4 Å². The molecule has 0 saturated carbocycles. The minimum absolute atomic E-state index is 0.0599. The smallest absolute Gasteiger partial charge is 0.251 e. The van der Waals surface area contributed by atoms with E-state index in [0.29, 0.717) is 5.95 Å². The Morgan fingerprint density at radius 2 is 1.78 bits per heavy atom. The fourth-order valence-electron chi connectivity index (χ4n) is 3.16. The van der Waals surface area contributed by atoms with Crippen molar-refractivity contribution in [2.75, 3.05) is 5.32 Å². The van der Waals surface area contributed by atoms with Gasteiger partial charge in [0.2, 0.25) is 5.91 Å². The fourth-order valence-corrected chi connectivity index (χ4v) is 3.16. The summed E-state index contributed by atoms with van der Waals surface area (Å²) < 4.78 is 1.72. The second kappa shape index (κ2) is 7.70. The lowest BCUT2D eigenvalue weighted by molar-refractivity contribution is -0.115. The zero-order valence-corrected chi connectivity index (χ0v) is 16.5. The Balaban J connectivity index is 1.83. The molecule has 0 aliphatic rings. The number of rotatable bonds is 5. The molecular formula is C21H25N5O. The Morgan fingerprint density at radius 3 is 2.44 bits per heavy atom. The fraction of sp³-hybridized carbons (Fsp3) is 0.333. The molecule has 0 saturated heterocycles. The number of aryl methyl sites for hydroxylation is 4. The van der Waals surface area contributed by atoms with Gasteiger partial charge in [-0.2, -0.15) is 5.10 Å². The predicted molar refractivity (Wildman–Crippen MR) is 106 cm³/mol. The summed E-state index contributed by atoms with van der Waals surface area (Å²) in [6.45, 7) is 9.82. The maximum atomic E-state index is 12.6. The van der Waals surface area contributed by atoms with E-state index in [1.165, 1.54) is 5.56 Å². The van der Waals surface area contributed by atoms with Gasteiger partial charge in [-0.3, -0.25) is 4.79 Å². The Morgan fingerprint density at radius 1 is 1.07 bits per heavy atom. The topological polar surface area (TPSA) is 72.7 Å². The van der Waals surface area contributed by atoms with E-state index >= 15 is 0 Å². The normalized spacial score (nSPS) is 10.9. The Labute approximate surface area is 159 Å². The second-order valence-corrected chi connectivity index (χ2v) is 6.79. The molecule has 3 aromatic rings. The van der Waals surface area contributed by atoms with Gasteiger partial charge in [-0.1, -0.05) is 19.1 Å². The summed E-state index contributed by atoms with van der Waals surface area (Å²) in [7, 11) is 0. The highest BCUT2D eigenvalue weighted by Gasteiger charge is 2.17. The van der Waals surface area contributed by atoms with Crippen LogP contribution in [0.15, 0.2) is 30.3 Å². The SMILES string of the molecule is CCc1cccc(NC(=O)Cc2c(C)nn(-c3nc(C)cc(C)n3)c2C)c1.